The number of halogens is 1. The Hall–Kier alpha value is -2.64. The highest BCUT2D eigenvalue weighted by atomic mass is 19.1. The van der Waals surface area contributed by atoms with Crippen molar-refractivity contribution in [1.82, 2.24) is 15.0 Å². The molecule has 2 aromatic rings. The van der Waals surface area contributed by atoms with Crippen LogP contribution in [0.2, 0.25) is 0 Å². The van der Waals surface area contributed by atoms with Crippen molar-refractivity contribution >= 4 is 23.5 Å². The molecule has 22 heavy (non-hydrogen) atoms. The van der Waals surface area contributed by atoms with Gasteiger partial charge in [0.2, 0.25) is 17.8 Å². The summed E-state index contributed by atoms with van der Waals surface area (Å²) in [5, 5.41) is 2.94. The van der Waals surface area contributed by atoms with Crippen LogP contribution in [0.1, 0.15) is 12.8 Å². The Morgan fingerprint density at radius 3 is 2.68 bits per heavy atom. The molecular weight excluding hydrogens is 287 g/mol. The predicted octanol–water partition coefficient (Wildman–Crippen LogP) is 1.95. The number of hydrogen-bond acceptors (Lipinski definition) is 7. The fourth-order valence-electron chi connectivity index (χ4n) is 2.37. The van der Waals surface area contributed by atoms with Crippen molar-refractivity contribution in [3.05, 3.63) is 24.0 Å². The summed E-state index contributed by atoms with van der Waals surface area (Å²) < 4.78 is 18.6. The number of anilines is 4. The fraction of sp³-hybridized carbons (Fsp3) is 0.357. The Balaban J connectivity index is 1.83. The highest BCUT2D eigenvalue weighted by Crippen LogP contribution is 2.23. The zero-order valence-electron chi connectivity index (χ0n) is 12.2. The van der Waals surface area contributed by atoms with Crippen LogP contribution in [-0.2, 0) is 0 Å². The van der Waals surface area contributed by atoms with Crippen LogP contribution in [0.5, 0.6) is 5.75 Å². The van der Waals surface area contributed by atoms with Crippen LogP contribution in [-0.4, -0.2) is 35.2 Å². The van der Waals surface area contributed by atoms with Gasteiger partial charge in [-0.15, -0.1) is 0 Å². The quantitative estimate of drug-likeness (QED) is 0.892. The minimum absolute atomic E-state index is 0.133. The number of nitrogens with two attached hydrogens (primary N) is 1. The van der Waals surface area contributed by atoms with Crippen LogP contribution in [0.15, 0.2) is 18.2 Å². The Labute approximate surface area is 127 Å². The number of nitrogen functional groups attached to an aromatic ring is 1. The first-order valence-corrected chi connectivity index (χ1v) is 7.03. The molecule has 1 saturated heterocycles. The van der Waals surface area contributed by atoms with Gasteiger partial charge >= 0.3 is 0 Å². The first-order chi connectivity index (χ1) is 10.7. The van der Waals surface area contributed by atoms with Crippen molar-refractivity contribution in [3.8, 4) is 5.75 Å². The highest BCUT2D eigenvalue weighted by Gasteiger charge is 2.17. The molecule has 0 spiro atoms. The zero-order valence-corrected chi connectivity index (χ0v) is 12.2. The van der Waals surface area contributed by atoms with Gasteiger partial charge in [-0.2, -0.15) is 15.0 Å². The van der Waals surface area contributed by atoms with Gasteiger partial charge in [-0.1, -0.05) is 0 Å². The molecule has 1 aromatic heterocycles. The summed E-state index contributed by atoms with van der Waals surface area (Å²) in [5.74, 6) is 0.682. The maximum absolute atomic E-state index is 13.7. The Morgan fingerprint density at radius 1 is 1.23 bits per heavy atom. The first kappa shape index (κ1) is 14.3. The molecule has 0 atom stereocenters. The molecule has 1 fully saturated rings. The zero-order chi connectivity index (χ0) is 15.5. The lowest BCUT2D eigenvalue weighted by molar-refractivity contribution is 0.386. The summed E-state index contributed by atoms with van der Waals surface area (Å²) in [6.07, 6.45) is 2.22. The largest absolute Gasteiger partial charge is 0.494 e. The minimum Gasteiger partial charge on any atom is -0.494 e. The Morgan fingerprint density at radius 2 is 2.00 bits per heavy atom. The van der Waals surface area contributed by atoms with Gasteiger partial charge in [0, 0.05) is 24.8 Å². The third kappa shape index (κ3) is 3.00. The van der Waals surface area contributed by atoms with Gasteiger partial charge in [0.05, 0.1) is 7.11 Å². The third-order valence-electron chi connectivity index (χ3n) is 3.44. The van der Waals surface area contributed by atoms with Gasteiger partial charge in [0.15, 0.2) is 11.6 Å². The number of benzene rings is 1. The van der Waals surface area contributed by atoms with Crippen molar-refractivity contribution in [3.63, 3.8) is 0 Å². The molecule has 0 aliphatic carbocycles. The fourth-order valence-corrected chi connectivity index (χ4v) is 2.37. The van der Waals surface area contributed by atoms with E-state index < -0.39 is 5.82 Å². The van der Waals surface area contributed by atoms with Crippen molar-refractivity contribution in [2.75, 3.05) is 36.1 Å². The average Bonchev–Trinajstić information content (AvgIpc) is 3.01. The summed E-state index contributed by atoms with van der Waals surface area (Å²) >= 11 is 0. The molecule has 116 valence electrons. The van der Waals surface area contributed by atoms with E-state index >= 15 is 0 Å². The lowest BCUT2D eigenvalue weighted by Crippen LogP contribution is -2.21. The topological polar surface area (TPSA) is 89.2 Å². The van der Waals surface area contributed by atoms with Crippen LogP contribution in [0.4, 0.5) is 27.9 Å². The van der Waals surface area contributed by atoms with E-state index in [-0.39, 0.29) is 11.7 Å². The second-order valence-electron chi connectivity index (χ2n) is 4.99. The summed E-state index contributed by atoms with van der Waals surface area (Å²) in [4.78, 5) is 14.6. The molecule has 1 aliphatic heterocycles. The maximum Gasteiger partial charge on any atom is 0.233 e. The van der Waals surface area contributed by atoms with Crippen molar-refractivity contribution in [2.45, 2.75) is 12.8 Å². The summed E-state index contributed by atoms with van der Waals surface area (Å²) in [6.45, 7) is 1.81. The van der Waals surface area contributed by atoms with E-state index in [1.165, 1.54) is 19.2 Å². The van der Waals surface area contributed by atoms with E-state index in [1.54, 1.807) is 6.07 Å². The van der Waals surface area contributed by atoms with Crippen molar-refractivity contribution in [1.29, 1.82) is 0 Å². The lowest BCUT2D eigenvalue weighted by atomic mass is 10.3. The smallest absolute Gasteiger partial charge is 0.233 e. The van der Waals surface area contributed by atoms with Crippen molar-refractivity contribution in [2.24, 2.45) is 0 Å². The molecule has 0 bridgehead atoms. The van der Waals surface area contributed by atoms with Gasteiger partial charge in [-0.05, 0) is 25.0 Å². The van der Waals surface area contributed by atoms with Gasteiger partial charge in [-0.25, -0.2) is 4.39 Å². The van der Waals surface area contributed by atoms with E-state index in [1.807, 2.05) is 0 Å². The second kappa shape index (κ2) is 6.00. The molecule has 1 aliphatic rings. The van der Waals surface area contributed by atoms with Crippen molar-refractivity contribution < 1.29 is 9.13 Å². The van der Waals surface area contributed by atoms with Gasteiger partial charge in [0.25, 0.3) is 0 Å². The van der Waals surface area contributed by atoms with Crippen LogP contribution >= 0.6 is 0 Å². The summed E-state index contributed by atoms with van der Waals surface area (Å²) in [6, 6.07) is 4.52. The molecule has 1 aromatic carbocycles. The second-order valence-corrected chi connectivity index (χ2v) is 4.99. The minimum atomic E-state index is -0.464. The van der Waals surface area contributed by atoms with E-state index in [2.05, 4.69) is 25.2 Å². The molecule has 7 nitrogen and oxygen atoms in total. The lowest BCUT2D eigenvalue weighted by Gasteiger charge is -2.16. The van der Waals surface area contributed by atoms with Crippen LogP contribution in [0.25, 0.3) is 0 Å². The first-order valence-electron chi connectivity index (χ1n) is 7.03. The summed E-state index contributed by atoms with van der Waals surface area (Å²) in [7, 11) is 1.42. The monoisotopic (exact) mass is 304 g/mol. The SMILES string of the molecule is COc1ccc(Nc2nc(N)nc(N3CCCC3)n2)cc1F. The normalized spacial score (nSPS) is 14.2. The number of methoxy groups -OCH3 is 1. The highest BCUT2D eigenvalue weighted by molar-refractivity contribution is 5.57. The van der Waals surface area contributed by atoms with Gasteiger partial charge < -0.3 is 20.7 Å². The molecule has 0 saturated carbocycles. The van der Waals surface area contributed by atoms with E-state index in [4.69, 9.17) is 10.5 Å². The molecule has 3 N–H and O–H groups in total. The molecule has 0 radical (unpaired) electrons. The Kier molecular flexibility index (Phi) is 3.90. The molecule has 8 heteroatoms. The number of rotatable bonds is 4. The van der Waals surface area contributed by atoms with E-state index in [0.717, 1.165) is 25.9 Å². The Bertz CT molecular complexity index is 674. The number of aromatic nitrogens is 3. The van der Waals surface area contributed by atoms with Crippen LogP contribution in [0, 0.1) is 5.82 Å². The van der Waals surface area contributed by atoms with Crippen LogP contribution < -0.4 is 20.7 Å². The molecule has 0 amide bonds. The standard InChI is InChI=1S/C14H17FN6O/c1-22-11-5-4-9(8-10(11)15)17-13-18-12(16)19-14(20-13)21-6-2-3-7-21/h4-5,8H,2-3,6-7H2,1H3,(H3,16,17,18,19,20). The molecule has 3 rings (SSSR count). The maximum atomic E-state index is 13.7. The third-order valence-corrected chi connectivity index (χ3v) is 3.44. The number of nitrogens with zero attached hydrogens (tertiary/aromatic N) is 4. The molecule has 2 heterocycles. The van der Waals surface area contributed by atoms with Crippen LogP contribution in [0.3, 0.4) is 0 Å². The number of nitrogens with one attached hydrogen (secondary N) is 1. The number of ether oxygens (including phenoxy) is 1. The van der Waals surface area contributed by atoms with Gasteiger partial charge in [0.1, 0.15) is 0 Å². The number of hydrogen-bond donors (Lipinski definition) is 2. The van der Waals surface area contributed by atoms with E-state index in [9.17, 15) is 4.39 Å². The predicted molar refractivity (Wildman–Crippen MR) is 81.9 cm³/mol. The summed E-state index contributed by atoms with van der Waals surface area (Å²) in [5.41, 5.74) is 6.24. The van der Waals surface area contributed by atoms with Gasteiger partial charge in [-0.3, -0.25) is 0 Å². The molecular formula is C14H17FN6O. The molecule has 0 unspecified atom stereocenters. The van der Waals surface area contributed by atoms with E-state index in [0.29, 0.717) is 17.6 Å². The average molecular weight is 304 g/mol.